The van der Waals surface area contributed by atoms with Crippen molar-refractivity contribution in [1.82, 2.24) is 14.8 Å². The molecule has 0 radical (unpaired) electrons. The molecule has 1 aromatic carbocycles. The second-order valence-corrected chi connectivity index (χ2v) is 8.60. The molecule has 5 heteroatoms. The van der Waals surface area contributed by atoms with E-state index in [1.165, 1.54) is 10.9 Å². The fourth-order valence-electron chi connectivity index (χ4n) is 3.78. The second kappa shape index (κ2) is 8.26. The summed E-state index contributed by atoms with van der Waals surface area (Å²) in [6, 6.07) is 10.5. The molecule has 0 bridgehead atoms. The van der Waals surface area contributed by atoms with Crippen LogP contribution < -0.4 is 0 Å². The predicted octanol–water partition coefficient (Wildman–Crippen LogP) is 4.31. The van der Waals surface area contributed by atoms with E-state index in [1.54, 1.807) is 4.90 Å². The summed E-state index contributed by atoms with van der Waals surface area (Å²) in [7, 11) is 1.83. The van der Waals surface area contributed by atoms with E-state index in [0.717, 1.165) is 44.5 Å². The van der Waals surface area contributed by atoms with E-state index in [-0.39, 0.29) is 6.09 Å². The summed E-state index contributed by atoms with van der Waals surface area (Å²) in [5, 5.41) is 1.19. The molecule has 2 heterocycles. The largest absolute Gasteiger partial charge is 0.444 e. The molecule has 2 aromatic rings. The molecular formula is C22H31N3O2. The summed E-state index contributed by atoms with van der Waals surface area (Å²) in [5.74, 6) is 0.471. The molecule has 1 saturated heterocycles. The lowest BCUT2D eigenvalue weighted by Crippen LogP contribution is -2.42. The van der Waals surface area contributed by atoms with Crippen molar-refractivity contribution in [1.29, 1.82) is 0 Å². The predicted molar refractivity (Wildman–Crippen MR) is 109 cm³/mol. The van der Waals surface area contributed by atoms with Crippen LogP contribution in [-0.4, -0.2) is 53.2 Å². The number of aromatic nitrogens is 1. The number of benzene rings is 1. The molecule has 1 aromatic heterocycles. The zero-order chi connectivity index (χ0) is 19.4. The fourth-order valence-corrected chi connectivity index (χ4v) is 3.78. The van der Waals surface area contributed by atoms with Crippen LogP contribution in [0, 0.1) is 5.92 Å². The highest BCUT2D eigenvalue weighted by Gasteiger charge is 2.25. The van der Waals surface area contributed by atoms with Gasteiger partial charge in [-0.3, -0.25) is 9.88 Å². The average molecular weight is 370 g/mol. The van der Waals surface area contributed by atoms with E-state index in [1.807, 2.05) is 40.1 Å². The first kappa shape index (κ1) is 19.6. The van der Waals surface area contributed by atoms with Gasteiger partial charge in [0.2, 0.25) is 0 Å². The Bertz CT molecular complexity index is 779. The van der Waals surface area contributed by atoms with Crippen molar-refractivity contribution in [2.75, 3.05) is 26.7 Å². The number of hydrogen-bond donors (Lipinski definition) is 0. The highest BCUT2D eigenvalue weighted by molar-refractivity contribution is 5.81. The lowest BCUT2D eigenvalue weighted by Gasteiger charge is -2.35. The molecule has 3 rings (SSSR count). The summed E-state index contributed by atoms with van der Waals surface area (Å²) in [6.45, 7) is 9.43. The van der Waals surface area contributed by atoms with Gasteiger partial charge in [0.15, 0.2) is 0 Å². The molecule has 1 aliphatic heterocycles. The lowest BCUT2D eigenvalue weighted by atomic mass is 9.97. The topological polar surface area (TPSA) is 45.7 Å². The zero-order valence-electron chi connectivity index (χ0n) is 16.9. The minimum atomic E-state index is -0.453. The first-order chi connectivity index (χ1) is 12.8. The van der Waals surface area contributed by atoms with E-state index in [2.05, 4.69) is 34.1 Å². The Morgan fingerprint density at radius 3 is 2.85 bits per heavy atom. The third kappa shape index (κ3) is 5.42. The zero-order valence-corrected chi connectivity index (χ0v) is 16.9. The highest BCUT2D eigenvalue weighted by atomic mass is 16.6. The van der Waals surface area contributed by atoms with Crippen molar-refractivity contribution in [3.63, 3.8) is 0 Å². The van der Waals surface area contributed by atoms with Crippen LogP contribution >= 0.6 is 0 Å². The number of rotatable bonds is 4. The third-order valence-corrected chi connectivity index (χ3v) is 4.95. The van der Waals surface area contributed by atoms with Gasteiger partial charge in [-0.25, -0.2) is 4.79 Å². The quantitative estimate of drug-likeness (QED) is 0.805. The monoisotopic (exact) mass is 369 g/mol. The van der Waals surface area contributed by atoms with Crippen LogP contribution in [0.5, 0.6) is 0 Å². The minimum Gasteiger partial charge on any atom is -0.444 e. The van der Waals surface area contributed by atoms with Gasteiger partial charge in [0.25, 0.3) is 0 Å². The Kier molecular flexibility index (Phi) is 6.00. The molecule has 27 heavy (non-hydrogen) atoms. The van der Waals surface area contributed by atoms with Gasteiger partial charge in [0.1, 0.15) is 5.60 Å². The van der Waals surface area contributed by atoms with Crippen molar-refractivity contribution in [2.45, 2.75) is 45.8 Å². The number of nitrogens with zero attached hydrogens (tertiary/aromatic N) is 3. The summed E-state index contributed by atoms with van der Waals surface area (Å²) in [5.41, 5.74) is 1.91. The molecule has 1 aliphatic rings. The van der Waals surface area contributed by atoms with E-state index < -0.39 is 5.60 Å². The summed E-state index contributed by atoms with van der Waals surface area (Å²) < 4.78 is 5.48. The summed E-state index contributed by atoms with van der Waals surface area (Å²) in [6.07, 6.45) is 3.93. The van der Waals surface area contributed by atoms with Crippen LogP contribution in [0.25, 0.3) is 10.9 Å². The fraction of sp³-hybridized carbons (Fsp3) is 0.545. The molecule has 146 valence electrons. The molecule has 5 nitrogen and oxygen atoms in total. The van der Waals surface area contributed by atoms with Gasteiger partial charge in [0, 0.05) is 38.3 Å². The Balaban J connectivity index is 1.60. The van der Waals surface area contributed by atoms with E-state index in [9.17, 15) is 4.79 Å². The molecule has 0 N–H and O–H groups in total. The van der Waals surface area contributed by atoms with Gasteiger partial charge >= 0.3 is 6.09 Å². The smallest absolute Gasteiger partial charge is 0.410 e. The molecular weight excluding hydrogens is 338 g/mol. The first-order valence-electron chi connectivity index (χ1n) is 9.81. The average Bonchev–Trinajstić information content (AvgIpc) is 2.61. The number of carbonyl (C=O) groups excluding carboxylic acids is 1. The van der Waals surface area contributed by atoms with Gasteiger partial charge in [-0.05, 0) is 57.7 Å². The summed E-state index contributed by atoms with van der Waals surface area (Å²) in [4.78, 5) is 21.0. The first-order valence-corrected chi connectivity index (χ1v) is 9.81. The van der Waals surface area contributed by atoms with Gasteiger partial charge in [-0.2, -0.15) is 0 Å². The number of pyridine rings is 1. The molecule has 1 atom stereocenters. The maximum absolute atomic E-state index is 12.2. The van der Waals surface area contributed by atoms with Crippen LogP contribution in [0.1, 0.15) is 39.2 Å². The van der Waals surface area contributed by atoms with Crippen molar-refractivity contribution < 1.29 is 9.53 Å². The van der Waals surface area contributed by atoms with Crippen LogP contribution in [0.15, 0.2) is 36.5 Å². The lowest BCUT2D eigenvalue weighted by molar-refractivity contribution is 0.0241. The van der Waals surface area contributed by atoms with Crippen LogP contribution in [0.3, 0.4) is 0 Å². The Labute approximate surface area is 162 Å². The van der Waals surface area contributed by atoms with Gasteiger partial charge in [-0.1, -0.05) is 24.3 Å². The number of para-hydroxylation sites is 1. The number of likely N-dealkylation sites (tertiary alicyclic amines) is 1. The van der Waals surface area contributed by atoms with E-state index in [0.29, 0.717) is 5.92 Å². The Morgan fingerprint density at radius 2 is 2.07 bits per heavy atom. The molecule has 1 fully saturated rings. The normalized spacial score (nSPS) is 18.4. The minimum absolute atomic E-state index is 0.238. The third-order valence-electron chi connectivity index (χ3n) is 4.95. The Hall–Kier alpha value is -2.14. The standard InChI is InChI=1S/C22H31N3O2/c1-22(2,3)27-21(26)24(4)14-17-8-7-13-25(15-17)16-19-10-5-9-18-11-6-12-23-20(18)19/h5-6,9-12,17H,7-8,13-16H2,1-4H3. The number of carbonyl (C=O) groups is 1. The van der Waals surface area contributed by atoms with Crippen LogP contribution in [0.4, 0.5) is 4.79 Å². The summed E-state index contributed by atoms with van der Waals surface area (Å²) >= 11 is 0. The van der Waals surface area contributed by atoms with Crippen molar-refractivity contribution >= 4 is 17.0 Å². The molecule has 0 saturated carbocycles. The van der Waals surface area contributed by atoms with Gasteiger partial charge in [0.05, 0.1) is 5.52 Å². The maximum atomic E-state index is 12.2. The number of piperidine rings is 1. The van der Waals surface area contributed by atoms with Gasteiger partial charge in [-0.15, -0.1) is 0 Å². The second-order valence-electron chi connectivity index (χ2n) is 8.60. The van der Waals surface area contributed by atoms with Crippen molar-refractivity contribution in [2.24, 2.45) is 5.92 Å². The molecule has 1 unspecified atom stereocenters. The SMILES string of the molecule is CN(CC1CCCN(Cc2cccc3cccnc23)C1)C(=O)OC(C)(C)C. The van der Waals surface area contributed by atoms with E-state index in [4.69, 9.17) is 4.74 Å². The Morgan fingerprint density at radius 1 is 1.30 bits per heavy atom. The number of amides is 1. The van der Waals surface area contributed by atoms with Gasteiger partial charge < -0.3 is 9.64 Å². The molecule has 1 amide bonds. The highest BCUT2D eigenvalue weighted by Crippen LogP contribution is 2.23. The maximum Gasteiger partial charge on any atom is 0.410 e. The van der Waals surface area contributed by atoms with Crippen LogP contribution in [0.2, 0.25) is 0 Å². The van der Waals surface area contributed by atoms with E-state index >= 15 is 0 Å². The number of hydrogen-bond acceptors (Lipinski definition) is 4. The number of ether oxygens (including phenoxy) is 1. The number of fused-ring (bicyclic) bond motifs is 1. The molecule has 0 spiro atoms. The van der Waals surface area contributed by atoms with Crippen LogP contribution in [-0.2, 0) is 11.3 Å². The van der Waals surface area contributed by atoms with Crippen molar-refractivity contribution in [3.8, 4) is 0 Å². The molecule has 0 aliphatic carbocycles. The van der Waals surface area contributed by atoms with Crippen molar-refractivity contribution in [3.05, 3.63) is 42.1 Å².